The van der Waals surface area contributed by atoms with E-state index in [1.807, 2.05) is 6.07 Å². The van der Waals surface area contributed by atoms with Crippen molar-refractivity contribution < 1.29 is 9.47 Å². The summed E-state index contributed by atoms with van der Waals surface area (Å²) in [4.78, 5) is 0. The van der Waals surface area contributed by atoms with E-state index in [-0.39, 0.29) is 11.6 Å². The Morgan fingerprint density at radius 1 is 1.37 bits per heavy atom. The molecule has 1 atom stereocenters. The van der Waals surface area contributed by atoms with Crippen LogP contribution < -0.4 is 10.1 Å². The van der Waals surface area contributed by atoms with Crippen LogP contribution >= 0.6 is 0 Å². The molecule has 106 valence electrons. The smallest absolute Gasteiger partial charge is 0.120 e. The van der Waals surface area contributed by atoms with Crippen LogP contribution in [0.1, 0.15) is 45.2 Å². The molecule has 3 nitrogen and oxygen atoms in total. The lowest BCUT2D eigenvalue weighted by Gasteiger charge is -2.34. The normalized spacial score (nSPS) is 17.3. The maximum atomic E-state index is 5.87. The maximum Gasteiger partial charge on any atom is 0.120 e. The predicted molar refractivity (Wildman–Crippen MR) is 77.6 cm³/mol. The van der Waals surface area contributed by atoms with Crippen LogP contribution in [0.15, 0.2) is 24.3 Å². The Balaban J connectivity index is 2.19. The highest BCUT2D eigenvalue weighted by Crippen LogP contribution is 2.32. The monoisotopic (exact) mass is 263 g/mol. The molecule has 1 fully saturated rings. The summed E-state index contributed by atoms with van der Waals surface area (Å²) in [5.41, 5.74) is 0.959. The summed E-state index contributed by atoms with van der Waals surface area (Å²) in [7, 11) is 1.76. The largest absolute Gasteiger partial charge is 0.490 e. The molecule has 1 unspecified atom stereocenters. The second-order valence-corrected chi connectivity index (χ2v) is 5.69. The van der Waals surface area contributed by atoms with E-state index in [1.54, 1.807) is 7.11 Å². The van der Waals surface area contributed by atoms with Gasteiger partial charge in [-0.25, -0.2) is 0 Å². The molecule has 2 rings (SSSR count). The molecule has 19 heavy (non-hydrogen) atoms. The molecule has 0 heterocycles. The van der Waals surface area contributed by atoms with E-state index in [9.17, 15) is 0 Å². The van der Waals surface area contributed by atoms with Gasteiger partial charge in [0, 0.05) is 7.11 Å². The number of methoxy groups -OCH3 is 1. The lowest BCUT2D eigenvalue weighted by molar-refractivity contribution is -0.0107. The number of hydrogen-bond donors (Lipinski definition) is 1. The summed E-state index contributed by atoms with van der Waals surface area (Å²) in [6.07, 6.45) is 2.80. The van der Waals surface area contributed by atoms with Gasteiger partial charge in [-0.1, -0.05) is 19.1 Å². The van der Waals surface area contributed by atoms with Crippen molar-refractivity contribution in [1.82, 2.24) is 5.32 Å². The molecule has 0 bridgehead atoms. The van der Waals surface area contributed by atoms with E-state index < -0.39 is 0 Å². The number of nitrogens with one attached hydrogen (secondary N) is 1. The third-order valence-electron chi connectivity index (χ3n) is 3.65. The minimum absolute atomic E-state index is 0.158. The lowest BCUT2D eigenvalue weighted by Crippen LogP contribution is -2.40. The molecule has 1 aliphatic rings. The highest BCUT2D eigenvalue weighted by molar-refractivity contribution is 5.32. The zero-order valence-corrected chi connectivity index (χ0v) is 12.4. The third-order valence-corrected chi connectivity index (χ3v) is 3.65. The van der Waals surface area contributed by atoms with E-state index in [2.05, 4.69) is 44.3 Å². The van der Waals surface area contributed by atoms with E-state index in [4.69, 9.17) is 9.47 Å². The van der Waals surface area contributed by atoms with Crippen molar-refractivity contribution in [3.63, 3.8) is 0 Å². The Morgan fingerprint density at radius 2 is 2.11 bits per heavy atom. The van der Waals surface area contributed by atoms with Crippen LogP contribution in [-0.2, 0) is 4.74 Å². The molecule has 0 spiro atoms. The van der Waals surface area contributed by atoms with E-state index in [0.717, 1.165) is 12.3 Å². The lowest BCUT2D eigenvalue weighted by atomic mass is 9.91. The van der Waals surface area contributed by atoms with Crippen molar-refractivity contribution in [2.24, 2.45) is 0 Å². The average Bonchev–Trinajstić information content (AvgIpc) is 3.20. The first-order chi connectivity index (χ1) is 9.06. The molecule has 1 aromatic carbocycles. The summed E-state index contributed by atoms with van der Waals surface area (Å²) in [6.45, 7) is 7.23. The molecule has 0 saturated heterocycles. The number of rotatable bonds is 7. The zero-order chi connectivity index (χ0) is 13.9. The van der Waals surface area contributed by atoms with Gasteiger partial charge in [-0.2, -0.15) is 0 Å². The number of benzene rings is 1. The summed E-state index contributed by atoms with van der Waals surface area (Å²) in [5.74, 6) is 0.967. The standard InChI is InChI=1S/C16H25NO2/c1-5-17-15(16(2,3)18-4)12-7-6-8-14(11-12)19-13-9-10-13/h6-8,11,13,15,17H,5,9-10H2,1-4H3. The Labute approximate surface area is 116 Å². The molecule has 1 N–H and O–H groups in total. The molecule has 0 radical (unpaired) electrons. The highest BCUT2D eigenvalue weighted by atomic mass is 16.5. The predicted octanol–water partition coefficient (Wildman–Crippen LogP) is 3.30. The first-order valence-corrected chi connectivity index (χ1v) is 7.12. The first-order valence-electron chi connectivity index (χ1n) is 7.12. The number of likely N-dealkylation sites (N-methyl/N-ethyl adjacent to an activating group) is 1. The summed E-state index contributed by atoms with van der Waals surface area (Å²) < 4.78 is 11.5. The van der Waals surface area contributed by atoms with Gasteiger partial charge in [0.1, 0.15) is 5.75 Å². The van der Waals surface area contributed by atoms with Crippen LogP contribution in [0.5, 0.6) is 5.75 Å². The number of hydrogen-bond acceptors (Lipinski definition) is 3. The molecule has 0 aromatic heterocycles. The Kier molecular flexibility index (Phi) is 4.48. The molecule has 1 aliphatic carbocycles. The SMILES string of the molecule is CCNC(c1cccc(OC2CC2)c1)C(C)(C)OC. The quantitative estimate of drug-likeness (QED) is 0.818. The van der Waals surface area contributed by atoms with Crippen LogP contribution in [0, 0.1) is 0 Å². The van der Waals surface area contributed by atoms with Gasteiger partial charge in [0.2, 0.25) is 0 Å². The van der Waals surface area contributed by atoms with Gasteiger partial charge in [-0.3, -0.25) is 0 Å². The van der Waals surface area contributed by atoms with Crippen LogP contribution in [0.4, 0.5) is 0 Å². The first kappa shape index (κ1) is 14.4. The molecule has 0 amide bonds. The minimum atomic E-state index is -0.256. The molecule has 1 saturated carbocycles. The third kappa shape index (κ3) is 3.71. The van der Waals surface area contributed by atoms with Gasteiger partial charge < -0.3 is 14.8 Å². The fraction of sp³-hybridized carbons (Fsp3) is 0.625. The molecule has 1 aromatic rings. The van der Waals surface area contributed by atoms with Crippen molar-refractivity contribution >= 4 is 0 Å². The second-order valence-electron chi connectivity index (χ2n) is 5.69. The number of ether oxygens (including phenoxy) is 2. The van der Waals surface area contributed by atoms with Crippen molar-refractivity contribution in [2.45, 2.75) is 51.4 Å². The van der Waals surface area contributed by atoms with E-state index in [0.29, 0.717) is 6.10 Å². The van der Waals surface area contributed by atoms with Gasteiger partial charge in [-0.15, -0.1) is 0 Å². The van der Waals surface area contributed by atoms with Crippen molar-refractivity contribution in [2.75, 3.05) is 13.7 Å². The molecular weight excluding hydrogens is 238 g/mol. The zero-order valence-electron chi connectivity index (χ0n) is 12.4. The van der Waals surface area contributed by atoms with Crippen molar-refractivity contribution in [1.29, 1.82) is 0 Å². The van der Waals surface area contributed by atoms with Crippen LogP contribution in [0.25, 0.3) is 0 Å². The molecule has 0 aliphatic heterocycles. The average molecular weight is 263 g/mol. The fourth-order valence-electron chi connectivity index (χ4n) is 2.23. The van der Waals surface area contributed by atoms with Gasteiger partial charge in [-0.05, 0) is 50.9 Å². The Morgan fingerprint density at radius 3 is 2.68 bits per heavy atom. The van der Waals surface area contributed by atoms with Gasteiger partial charge in [0.05, 0.1) is 17.7 Å². The van der Waals surface area contributed by atoms with E-state index in [1.165, 1.54) is 18.4 Å². The van der Waals surface area contributed by atoms with Crippen molar-refractivity contribution in [3.05, 3.63) is 29.8 Å². The fourth-order valence-corrected chi connectivity index (χ4v) is 2.23. The summed E-state index contributed by atoms with van der Waals surface area (Å²) >= 11 is 0. The molecule has 3 heteroatoms. The van der Waals surface area contributed by atoms with Crippen LogP contribution in [0.3, 0.4) is 0 Å². The maximum absolute atomic E-state index is 5.87. The topological polar surface area (TPSA) is 30.5 Å². The Hall–Kier alpha value is -1.06. The summed E-state index contributed by atoms with van der Waals surface area (Å²) in [6, 6.07) is 8.51. The Bertz CT molecular complexity index is 413. The van der Waals surface area contributed by atoms with Crippen molar-refractivity contribution in [3.8, 4) is 5.75 Å². The van der Waals surface area contributed by atoms with Crippen LogP contribution in [0.2, 0.25) is 0 Å². The minimum Gasteiger partial charge on any atom is -0.490 e. The van der Waals surface area contributed by atoms with Gasteiger partial charge >= 0.3 is 0 Å². The summed E-state index contributed by atoms with van der Waals surface area (Å²) in [5, 5.41) is 3.51. The van der Waals surface area contributed by atoms with E-state index >= 15 is 0 Å². The van der Waals surface area contributed by atoms with Gasteiger partial charge in [0.25, 0.3) is 0 Å². The highest BCUT2D eigenvalue weighted by Gasteiger charge is 2.30. The van der Waals surface area contributed by atoms with Gasteiger partial charge in [0.15, 0.2) is 0 Å². The second kappa shape index (κ2) is 5.93. The van der Waals surface area contributed by atoms with Crippen LogP contribution in [-0.4, -0.2) is 25.4 Å². The molecular formula is C16H25NO2.